The molecule has 1 aliphatic rings. The Morgan fingerprint density at radius 1 is 1.26 bits per heavy atom. The zero-order valence-corrected chi connectivity index (χ0v) is 16.8. The summed E-state index contributed by atoms with van der Waals surface area (Å²) in [6, 6.07) is 6.73. The number of phenols is 1. The molecular weight excluding hydrogens is 387 g/mol. The molecule has 6 heteroatoms. The van der Waals surface area contributed by atoms with Crippen LogP contribution in [0.5, 0.6) is 17.2 Å². The molecule has 1 aliphatic heterocycles. The van der Waals surface area contributed by atoms with Crippen LogP contribution < -0.4 is 9.47 Å². The monoisotopic (exact) mass is 406 g/mol. The standard InChI is InChI=1S/C21H20Cl2O4/c1-21(2)9-8-13-17(27-21)11-18(26-3)19(20(13)25)16(24)7-5-12-4-6-14(22)15(23)10-12/h4-7,10-11,25H,8-9H2,1-3H3/b7-5+. The van der Waals surface area contributed by atoms with Gasteiger partial charge in [0, 0.05) is 11.6 Å². The summed E-state index contributed by atoms with van der Waals surface area (Å²) >= 11 is 11.9. The van der Waals surface area contributed by atoms with Gasteiger partial charge in [-0.05, 0) is 50.5 Å². The highest BCUT2D eigenvalue weighted by Gasteiger charge is 2.32. The van der Waals surface area contributed by atoms with Crippen LogP contribution in [0.4, 0.5) is 0 Å². The number of carbonyl (C=O) groups is 1. The number of fused-ring (bicyclic) bond motifs is 1. The fourth-order valence-corrected chi connectivity index (χ4v) is 3.35. The Morgan fingerprint density at radius 3 is 2.67 bits per heavy atom. The van der Waals surface area contributed by atoms with Crippen molar-refractivity contribution in [3.8, 4) is 17.2 Å². The van der Waals surface area contributed by atoms with Gasteiger partial charge in [0.15, 0.2) is 5.78 Å². The van der Waals surface area contributed by atoms with E-state index >= 15 is 0 Å². The predicted octanol–water partition coefficient (Wildman–Crippen LogP) is 5.71. The number of hydrogen-bond donors (Lipinski definition) is 1. The van der Waals surface area contributed by atoms with Gasteiger partial charge in [-0.3, -0.25) is 4.79 Å². The van der Waals surface area contributed by atoms with Crippen molar-refractivity contribution >= 4 is 35.1 Å². The number of rotatable bonds is 4. The number of halogens is 2. The minimum Gasteiger partial charge on any atom is -0.507 e. The Morgan fingerprint density at radius 2 is 2.00 bits per heavy atom. The molecule has 4 nitrogen and oxygen atoms in total. The van der Waals surface area contributed by atoms with Crippen molar-refractivity contribution in [2.45, 2.75) is 32.3 Å². The lowest BCUT2D eigenvalue weighted by molar-refractivity contribution is 0.0831. The molecular formula is C21H20Cl2O4. The highest BCUT2D eigenvalue weighted by atomic mass is 35.5. The minimum absolute atomic E-state index is 0.0939. The van der Waals surface area contributed by atoms with Crippen LogP contribution in [0, 0.1) is 0 Å². The molecule has 0 amide bonds. The number of phenolic OH excluding ortho intramolecular Hbond substituents is 1. The molecule has 27 heavy (non-hydrogen) atoms. The van der Waals surface area contributed by atoms with Gasteiger partial charge in [-0.15, -0.1) is 0 Å². The molecule has 2 aromatic rings. The van der Waals surface area contributed by atoms with Gasteiger partial charge < -0.3 is 14.6 Å². The quantitative estimate of drug-likeness (QED) is 0.521. The molecule has 0 bridgehead atoms. The van der Waals surface area contributed by atoms with Crippen LogP contribution in [-0.2, 0) is 6.42 Å². The second kappa shape index (κ2) is 7.45. The zero-order valence-electron chi connectivity index (χ0n) is 15.3. The molecule has 3 rings (SSSR count). The molecule has 0 aliphatic carbocycles. The smallest absolute Gasteiger partial charge is 0.193 e. The van der Waals surface area contributed by atoms with Crippen molar-refractivity contribution in [2.24, 2.45) is 0 Å². The summed E-state index contributed by atoms with van der Waals surface area (Å²) in [5.74, 6) is 0.352. The molecule has 0 spiro atoms. The number of benzene rings is 2. The number of methoxy groups -OCH3 is 1. The van der Waals surface area contributed by atoms with Gasteiger partial charge in [-0.2, -0.15) is 0 Å². The number of allylic oxidation sites excluding steroid dienone is 1. The number of ketones is 1. The van der Waals surface area contributed by atoms with Gasteiger partial charge >= 0.3 is 0 Å². The molecule has 1 heterocycles. The first-order valence-electron chi connectivity index (χ1n) is 8.51. The largest absolute Gasteiger partial charge is 0.507 e. The highest BCUT2D eigenvalue weighted by Crippen LogP contribution is 2.44. The van der Waals surface area contributed by atoms with Gasteiger partial charge in [0.2, 0.25) is 0 Å². The van der Waals surface area contributed by atoms with Crippen molar-refractivity contribution in [3.63, 3.8) is 0 Å². The highest BCUT2D eigenvalue weighted by molar-refractivity contribution is 6.42. The van der Waals surface area contributed by atoms with E-state index in [-0.39, 0.29) is 28.4 Å². The normalized spacial score (nSPS) is 15.3. The molecule has 0 aromatic heterocycles. The third-order valence-electron chi connectivity index (χ3n) is 4.53. The lowest BCUT2D eigenvalue weighted by Crippen LogP contribution is -2.32. The van der Waals surface area contributed by atoms with Crippen molar-refractivity contribution in [1.82, 2.24) is 0 Å². The van der Waals surface area contributed by atoms with E-state index in [0.717, 1.165) is 12.0 Å². The van der Waals surface area contributed by atoms with Crippen LogP contribution in [-0.4, -0.2) is 23.6 Å². The first-order valence-corrected chi connectivity index (χ1v) is 9.27. The predicted molar refractivity (Wildman–Crippen MR) is 108 cm³/mol. The fraction of sp³-hybridized carbons (Fsp3) is 0.286. The maximum Gasteiger partial charge on any atom is 0.193 e. The summed E-state index contributed by atoms with van der Waals surface area (Å²) in [5.41, 5.74) is 1.14. The second-order valence-electron chi connectivity index (χ2n) is 7.01. The first kappa shape index (κ1) is 19.6. The summed E-state index contributed by atoms with van der Waals surface area (Å²) in [7, 11) is 1.45. The van der Waals surface area contributed by atoms with E-state index in [1.54, 1.807) is 30.3 Å². The van der Waals surface area contributed by atoms with E-state index < -0.39 is 0 Å². The van der Waals surface area contributed by atoms with Crippen molar-refractivity contribution < 1.29 is 19.4 Å². The third-order valence-corrected chi connectivity index (χ3v) is 5.27. The SMILES string of the molecule is COc1cc2c(c(O)c1C(=O)/C=C/c1ccc(Cl)c(Cl)c1)CCC(C)(C)O2. The summed E-state index contributed by atoms with van der Waals surface area (Å²) in [6.45, 7) is 3.97. The maximum absolute atomic E-state index is 12.8. The van der Waals surface area contributed by atoms with Gasteiger partial charge in [-0.25, -0.2) is 0 Å². The Hall–Kier alpha value is -2.17. The van der Waals surface area contributed by atoms with Crippen LogP contribution in [0.15, 0.2) is 30.3 Å². The fourth-order valence-electron chi connectivity index (χ4n) is 3.04. The molecule has 2 aromatic carbocycles. The topological polar surface area (TPSA) is 55.8 Å². The maximum atomic E-state index is 12.8. The second-order valence-corrected chi connectivity index (χ2v) is 7.83. The van der Waals surface area contributed by atoms with Gasteiger partial charge in [0.05, 0.1) is 17.2 Å². The number of hydrogen-bond acceptors (Lipinski definition) is 4. The Labute approximate surface area is 168 Å². The van der Waals surface area contributed by atoms with Crippen LogP contribution in [0.25, 0.3) is 6.08 Å². The van der Waals surface area contributed by atoms with E-state index in [9.17, 15) is 9.90 Å². The number of aromatic hydroxyl groups is 1. The van der Waals surface area contributed by atoms with Crippen LogP contribution in [0.1, 0.15) is 41.8 Å². The Kier molecular flexibility index (Phi) is 5.41. The summed E-state index contributed by atoms with van der Waals surface area (Å²) < 4.78 is 11.3. The average Bonchev–Trinajstić information content (AvgIpc) is 2.61. The first-order chi connectivity index (χ1) is 12.7. The van der Waals surface area contributed by atoms with Crippen LogP contribution in [0.3, 0.4) is 0 Å². The van der Waals surface area contributed by atoms with Gasteiger partial charge in [0.25, 0.3) is 0 Å². The lowest BCUT2D eigenvalue weighted by Gasteiger charge is -2.33. The molecule has 0 unspecified atom stereocenters. The third kappa shape index (κ3) is 4.07. The molecule has 142 valence electrons. The molecule has 0 saturated heterocycles. The van der Waals surface area contributed by atoms with E-state index in [0.29, 0.717) is 27.8 Å². The van der Waals surface area contributed by atoms with E-state index in [4.69, 9.17) is 32.7 Å². The van der Waals surface area contributed by atoms with Crippen LogP contribution in [0.2, 0.25) is 10.0 Å². The van der Waals surface area contributed by atoms with Gasteiger partial charge in [0.1, 0.15) is 28.4 Å². The van der Waals surface area contributed by atoms with Gasteiger partial charge in [-0.1, -0.05) is 35.3 Å². The van der Waals surface area contributed by atoms with Crippen molar-refractivity contribution in [2.75, 3.05) is 7.11 Å². The van der Waals surface area contributed by atoms with E-state index in [1.807, 2.05) is 13.8 Å². The average molecular weight is 407 g/mol. The summed E-state index contributed by atoms with van der Waals surface area (Å²) in [4.78, 5) is 12.8. The summed E-state index contributed by atoms with van der Waals surface area (Å²) in [6.07, 6.45) is 4.35. The van der Waals surface area contributed by atoms with E-state index in [1.165, 1.54) is 13.2 Å². The minimum atomic E-state index is -0.372. The Bertz CT molecular complexity index is 932. The van der Waals surface area contributed by atoms with Crippen molar-refractivity contribution in [1.29, 1.82) is 0 Å². The number of carbonyl (C=O) groups excluding carboxylic acids is 1. The molecule has 0 saturated carbocycles. The lowest BCUT2D eigenvalue weighted by atomic mass is 9.91. The molecule has 0 radical (unpaired) electrons. The summed E-state index contributed by atoms with van der Waals surface area (Å²) in [5, 5.41) is 11.6. The van der Waals surface area contributed by atoms with Crippen LogP contribution >= 0.6 is 23.2 Å². The molecule has 1 N–H and O–H groups in total. The van der Waals surface area contributed by atoms with E-state index in [2.05, 4.69) is 0 Å². The zero-order chi connectivity index (χ0) is 19.8. The Balaban J connectivity index is 1.97. The number of ether oxygens (including phenoxy) is 2. The van der Waals surface area contributed by atoms with Crippen molar-refractivity contribution in [3.05, 3.63) is 57.1 Å². The molecule has 0 fully saturated rings. The molecule has 0 atom stereocenters.